The highest BCUT2D eigenvalue weighted by Gasteiger charge is 2.42. The van der Waals surface area contributed by atoms with E-state index in [0.717, 1.165) is 18.5 Å². The number of hydrogen-bond acceptors (Lipinski definition) is 4. The maximum absolute atomic E-state index is 13.4. The van der Waals surface area contributed by atoms with Crippen LogP contribution >= 0.6 is 0 Å². The van der Waals surface area contributed by atoms with Crippen molar-refractivity contribution in [3.63, 3.8) is 0 Å². The molecule has 5 nitrogen and oxygen atoms in total. The first-order valence-corrected chi connectivity index (χ1v) is 7.71. The van der Waals surface area contributed by atoms with E-state index in [9.17, 15) is 9.18 Å². The molecule has 2 saturated heterocycles. The molecule has 2 fully saturated rings. The van der Waals surface area contributed by atoms with Crippen LogP contribution in [0.25, 0.3) is 0 Å². The lowest BCUT2D eigenvalue weighted by Crippen LogP contribution is -2.56. The van der Waals surface area contributed by atoms with Crippen LogP contribution in [0.2, 0.25) is 0 Å². The fourth-order valence-corrected chi connectivity index (χ4v) is 3.35. The summed E-state index contributed by atoms with van der Waals surface area (Å²) in [6, 6.07) is 3.73. The highest BCUT2D eigenvalue weighted by molar-refractivity contribution is 5.69. The Bertz CT molecular complexity index is 559. The number of nitrogens with zero attached hydrogens (tertiary/aromatic N) is 3. The minimum Gasteiger partial charge on any atom is -0.444 e. The second kappa shape index (κ2) is 5.41. The molecule has 3 heterocycles. The monoisotopic (exact) mass is 307 g/mol. The third-order valence-corrected chi connectivity index (χ3v) is 4.14. The quantitative estimate of drug-likeness (QED) is 0.749. The molecule has 22 heavy (non-hydrogen) atoms. The Morgan fingerprint density at radius 3 is 2.50 bits per heavy atom. The molecule has 2 aliphatic rings. The lowest BCUT2D eigenvalue weighted by Gasteiger charge is -2.42. The van der Waals surface area contributed by atoms with Gasteiger partial charge in [-0.2, -0.15) is 4.39 Å². The first-order valence-electron chi connectivity index (χ1n) is 7.71. The van der Waals surface area contributed by atoms with Gasteiger partial charge < -0.3 is 14.5 Å². The van der Waals surface area contributed by atoms with E-state index < -0.39 is 11.5 Å². The maximum Gasteiger partial charge on any atom is 0.410 e. The molecule has 2 aliphatic heterocycles. The second-order valence-corrected chi connectivity index (χ2v) is 7.01. The van der Waals surface area contributed by atoms with E-state index in [2.05, 4.69) is 9.88 Å². The van der Waals surface area contributed by atoms with Crippen molar-refractivity contribution in [2.45, 2.75) is 51.3 Å². The molecular weight excluding hydrogens is 285 g/mol. The van der Waals surface area contributed by atoms with Crippen molar-refractivity contribution in [2.75, 3.05) is 18.0 Å². The minimum atomic E-state index is -0.485. The van der Waals surface area contributed by atoms with Crippen LogP contribution in [-0.2, 0) is 4.74 Å². The summed E-state index contributed by atoms with van der Waals surface area (Å²) in [6.07, 6.45) is 3.25. The lowest BCUT2D eigenvalue weighted by atomic mass is 10.1. The van der Waals surface area contributed by atoms with Crippen LogP contribution in [0.3, 0.4) is 0 Å². The Kier molecular flexibility index (Phi) is 3.70. The van der Waals surface area contributed by atoms with Gasteiger partial charge in [-0.25, -0.2) is 9.78 Å². The van der Waals surface area contributed by atoms with Crippen LogP contribution in [0.15, 0.2) is 18.3 Å². The maximum atomic E-state index is 13.4. The Labute approximate surface area is 130 Å². The number of pyridine rings is 1. The number of carbonyl (C=O) groups excluding carboxylic acids is 1. The fraction of sp³-hybridized carbons (Fsp3) is 0.625. The smallest absolute Gasteiger partial charge is 0.410 e. The number of fused-ring (bicyclic) bond motifs is 2. The summed E-state index contributed by atoms with van der Waals surface area (Å²) in [7, 11) is 0. The number of carbonyl (C=O) groups is 1. The third kappa shape index (κ3) is 3.00. The molecule has 2 bridgehead atoms. The first kappa shape index (κ1) is 15.1. The lowest BCUT2D eigenvalue weighted by molar-refractivity contribution is 0.0209. The molecule has 1 aromatic heterocycles. The van der Waals surface area contributed by atoms with Gasteiger partial charge in [-0.3, -0.25) is 0 Å². The summed E-state index contributed by atoms with van der Waals surface area (Å²) in [5.74, 6) is -0.466. The average molecular weight is 307 g/mol. The normalized spacial score (nSPS) is 24.5. The van der Waals surface area contributed by atoms with Gasteiger partial charge in [0.2, 0.25) is 5.95 Å². The number of likely N-dealkylation sites (tertiary alicyclic amines) is 1. The molecule has 0 spiro atoms. The molecule has 0 aliphatic carbocycles. The van der Waals surface area contributed by atoms with Crippen molar-refractivity contribution in [1.82, 2.24) is 9.88 Å². The third-order valence-electron chi connectivity index (χ3n) is 4.14. The predicted octanol–water partition coefficient (Wildman–Crippen LogP) is 2.81. The van der Waals surface area contributed by atoms with Crippen molar-refractivity contribution in [1.29, 1.82) is 0 Å². The molecule has 3 rings (SSSR count). The van der Waals surface area contributed by atoms with Crippen LogP contribution in [0, 0.1) is 5.95 Å². The molecule has 1 aromatic rings. The van der Waals surface area contributed by atoms with E-state index >= 15 is 0 Å². The number of rotatable bonds is 1. The van der Waals surface area contributed by atoms with Crippen LogP contribution in [0.5, 0.6) is 0 Å². The molecule has 0 saturated carbocycles. The molecule has 1 amide bonds. The standard InChI is InChI=1S/C16H22FN3O2/c1-16(2,3)22-15(21)19-9-12-4-5-13(10-19)20(12)11-6-7-18-14(17)8-11/h6-8,12-13H,4-5,9-10H2,1-3H3/t12-,13+. The van der Waals surface area contributed by atoms with Crippen molar-refractivity contribution in [3.8, 4) is 0 Å². The van der Waals surface area contributed by atoms with Gasteiger partial charge in [-0.05, 0) is 39.7 Å². The van der Waals surface area contributed by atoms with Gasteiger partial charge in [0.05, 0.1) is 0 Å². The summed E-state index contributed by atoms with van der Waals surface area (Å²) >= 11 is 0. The predicted molar refractivity (Wildman–Crippen MR) is 81.3 cm³/mol. The molecule has 120 valence electrons. The van der Waals surface area contributed by atoms with Crippen LogP contribution < -0.4 is 4.90 Å². The van der Waals surface area contributed by atoms with Crippen molar-refractivity contribution in [2.24, 2.45) is 0 Å². The minimum absolute atomic E-state index is 0.216. The number of piperazine rings is 1. The Hall–Kier alpha value is -1.85. The van der Waals surface area contributed by atoms with E-state index in [1.165, 1.54) is 12.3 Å². The number of anilines is 1. The zero-order valence-electron chi connectivity index (χ0n) is 13.3. The van der Waals surface area contributed by atoms with Crippen LogP contribution in [-0.4, -0.2) is 46.8 Å². The van der Waals surface area contributed by atoms with Gasteiger partial charge in [0.15, 0.2) is 0 Å². The Morgan fingerprint density at radius 2 is 1.95 bits per heavy atom. The van der Waals surface area contributed by atoms with Gasteiger partial charge in [0, 0.05) is 43.1 Å². The van der Waals surface area contributed by atoms with E-state index in [1.54, 1.807) is 4.90 Å². The van der Waals surface area contributed by atoms with Gasteiger partial charge >= 0.3 is 6.09 Å². The zero-order chi connectivity index (χ0) is 15.9. The number of amides is 1. The van der Waals surface area contributed by atoms with E-state index in [1.807, 2.05) is 26.8 Å². The number of halogens is 1. The molecular formula is C16H22FN3O2. The average Bonchev–Trinajstić information content (AvgIpc) is 2.67. The fourth-order valence-electron chi connectivity index (χ4n) is 3.35. The molecule has 0 unspecified atom stereocenters. The van der Waals surface area contributed by atoms with E-state index in [0.29, 0.717) is 13.1 Å². The first-order chi connectivity index (χ1) is 10.3. The van der Waals surface area contributed by atoms with E-state index in [4.69, 9.17) is 4.74 Å². The molecule has 6 heteroatoms. The topological polar surface area (TPSA) is 45.7 Å². The summed E-state index contributed by atoms with van der Waals surface area (Å²) in [5, 5.41) is 0. The summed E-state index contributed by atoms with van der Waals surface area (Å²) in [5.41, 5.74) is 0.366. The SMILES string of the molecule is CC(C)(C)OC(=O)N1C[C@H]2CC[C@@H](C1)N2c1ccnc(F)c1. The van der Waals surface area contributed by atoms with Crippen molar-refractivity contribution in [3.05, 3.63) is 24.3 Å². The Morgan fingerprint density at radius 1 is 1.32 bits per heavy atom. The summed E-state index contributed by atoms with van der Waals surface area (Å²) in [6.45, 7) is 6.85. The molecule has 2 atom stereocenters. The summed E-state index contributed by atoms with van der Waals surface area (Å²) < 4.78 is 18.8. The summed E-state index contributed by atoms with van der Waals surface area (Å²) in [4.78, 5) is 19.9. The molecule has 0 aromatic carbocycles. The van der Waals surface area contributed by atoms with Gasteiger partial charge in [-0.15, -0.1) is 0 Å². The van der Waals surface area contributed by atoms with Gasteiger partial charge in [-0.1, -0.05) is 0 Å². The second-order valence-electron chi connectivity index (χ2n) is 7.01. The highest BCUT2D eigenvalue weighted by Crippen LogP contribution is 2.35. The highest BCUT2D eigenvalue weighted by atomic mass is 19.1. The van der Waals surface area contributed by atoms with Crippen LogP contribution in [0.1, 0.15) is 33.6 Å². The molecule has 0 N–H and O–H groups in total. The molecule has 0 radical (unpaired) electrons. The zero-order valence-corrected chi connectivity index (χ0v) is 13.3. The Balaban J connectivity index is 1.73. The van der Waals surface area contributed by atoms with Gasteiger partial charge in [0.25, 0.3) is 0 Å². The van der Waals surface area contributed by atoms with Crippen LogP contribution in [0.4, 0.5) is 14.9 Å². The van der Waals surface area contributed by atoms with Gasteiger partial charge in [0.1, 0.15) is 5.60 Å². The number of hydrogen-bond donors (Lipinski definition) is 0. The van der Waals surface area contributed by atoms with E-state index in [-0.39, 0.29) is 18.2 Å². The largest absolute Gasteiger partial charge is 0.444 e. The number of aromatic nitrogens is 1. The van der Waals surface area contributed by atoms with Crippen molar-refractivity contribution < 1.29 is 13.9 Å². The number of ether oxygens (including phenoxy) is 1. The van der Waals surface area contributed by atoms with Crippen molar-refractivity contribution >= 4 is 11.8 Å².